The zero-order valence-corrected chi connectivity index (χ0v) is 24.4. The molecule has 3 heterocycles. The summed E-state index contributed by atoms with van der Waals surface area (Å²) in [5, 5.41) is 10.9. The van der Waals surface area contributed by atoms with Crippen molar-refractivity contribution in [1.29, 1.82) is 0 Å². The van der Waals surface area contributed by atoms with Gasteiger partial charge in [0.2, 0.25) is 0 Å². The predicted molar refractivity (Wildman–Crippen MR) is 163 cm³/mol. The van der Waals surface area contributed by atoms with Gasteiger partial charge in [0.15, 0.2) is 5.82 Å². The van der Waals surface area contributed by atoms with Crippen LogP contribution in [0.15, 0.2) is 99.3 Å². The van der Waals surface area contributed by atoms with Crippen LogP contribution in [0.2, 0.25) is 0 Å². The second kappa shape index (κ2) is 8.80. The van der Waals surface area contributed by atoms with E-state index in [2.05, 4.69) is 83.2 Å². The fourth-order valence-electron chi connectivity index (χ4n) is 5.58. The Morgan fingerprint density at radius 2 is 1.70 bits per heavy atom. The van der Waals surface area contributed by atoms with Crippen molar-refractivity contribution in [2.45, 2.75) is 26.2 Å². The number of fused-ring (bicyclic) bond motifs is 2. The number of allylic oxidation sites excluding steroid dienone is 2. The number of halogens is 1. The van der Waals surface area contributed by atoms with Gasteiger partial charge in [0.05, 0.1) is 22.9 Å². The summed E-state index contributed by atoms with van der Waals surface area (Å²) in [6.45, 7) is 6.60. The van der Waals surface area contributed by atoms with Crippen LogP contribution in [0.5, 0.6) is 0 Å². The first-order valence-corrected chi connectivity index (χ1v) is 15.7. The van der Waals surface area contributed by atoms with Crippen LogP contribution in [0.1, 0.15) is 25.1 Å². The molecule has 37 heavy (non-hydrogen) atoms. The SMILES string of the molecule is Cc1nn(-c2ccccc2)c2c1P(=S)(Nc1cccc(Br)c1)/C(=C1\N(C)c3ccccc3C1(C)C)C=N2. The normalized spacial score (nSPS) is 21.6. The molecule has 1 aromatic heterocycles. The van der Waals surface area contributed by atoms with Crippen molar-refractivity contribution in [2.24, 2.45) is 4.99 Å². The number of aromatic nitrogens is 2. The Balaban J connectivity index is 1.64. The van der Waals surface area contributed by atoms with Crippen molar-refractivity contribution in [3.8, 4) is 5.69 Å². The lowest BCUT2D eigenvalue weighted by atomic mass is 9.84. The molecule has 1 unspecified atom stereocenters. The van der Waals surface area contributed by atoms with E-state index in [1.807, 2.05) is 60.3 Å². The topological polar surface area (TPSA) is 45.5 Å². The summed E-state index contributed by atoms with van der Waals surface area (Å²) in [5.74, 6) is 0.801. The number of nitrogens with zero attached hydrogens (tertiary/aromatic N) is 4. The first-order chi connectivity index (χ1) is 17.7. The van der Waals surface area contributed by atoms with Gasteiger partial charge >= 0.3 is 0 Å². The van der Waals surface area contributed by atoms with Crippen molar-refractivity contribution >= 4 is 62.6 Å². The molecule has 3 aromatic carbocycles. The highest BCUT2D eigenvalue weighted by Gasteiger charge is 2.45. The predicted octanol–water partition coefficient (Wildman–Crippen LogP) is 7.43. The average Bonchev–Trinajstić information content (AvgIpc) is 3.32. The van der Waals surface area contributed by atoms with Gasteiger partial charge in [-0.3, -0.25) is 0 Å². The molecule has 2 aliphatic heterocycles. The maximum atomic E-state index is 6.76. The maximum absolute atomic E-state index is 6.76. The lowest BCUT2D eigenvalue weighted by molar-refractivity contribution is 0.639. The van der Waals surface area contributed by atoms with Gasteiger partial charge in [0.1, 0.15) is 0 Å². The van der Waals surface area contributed by atoms with Gasteiger partial charge in [-0.2, -0.15) is 5.10 Å². The first-order valence-electron chi connectivity index (χ1n) is 12.1. The Labute approximate surface area is 231 Å². The molecule has 186 valence electrons. The minimum Gasteiger partial charge on any atom is -0.350 e. The van der Waals surface area contributed by atoms with E-state index in [0.29, 0.717) is 0 Å². The summed E-state index contributed by atoms with van der Waals surface area (Å²) >= 11 is 10.4. The third kappa shape index (κ3) is 3.75. The molecule has 0 spiro atoms. The molecular weight excluding hydrogens is 561 g/mol. The average molecular weight is 589 g/mol. The third-order valence-electron chi connectivity index (χ3n) is 7.19. The van der Waals surface area contributed by atoms with Crippen LogP contribution in [0.3, 0.4) is 0 Å². The number of hydrogen-bond donors (Lipinski definition) is 1. The molecule has 2 aliphatic rings. The number of aliphatic imine (C=N–C) groups is 1. The monoisotopic (exact) mass is 587 g/mol. The molecule has 0 fully saturated rings. The number of aryl methyl sites for hydroxylation is 1. The largest absolute Gasteiger partial charge is 0.350 e. The summed E-state index contributed by atoms with van der Waals surface area (Å²) < 4.78 is 2.92. The van der Waals surface area contributed by atoms with Gasteiger partial charge in [-0.25, -0.2) is 9.67 Å². The van der Waals surface area contributed by atoms with E-state index < -0.39 is 6.19 Å². The molecule has 0 aliphatic carbocycles. The Hall–Kier alpha value is -2.99. The lowest BCUT2D eigenvalue weighted by Gasteiger charge is -2.35. The molecule has 8 heteroatoms. The molecular formula is C29H27BrN5PS. The molecule has 1 atom stereocenters. The smallest absolute Gasteiger partial charge is 0.166 e. The van der Waals surface area contributed by atoms with Gasteiger partial charge in [0.25, 0.3) is 0 Å². The van der Waals surface area contributed by atoms with Crippen LogP contribution in [0, 0.1) is 6.92 Å². The standard InChI is InChI=1S/C29H27BrN5PS/c1-19-26-28(35(32-19)22-13-6-5-7-14-22)31-18-25(36(26,37)33-21-12-10-11-20(30)17-21)27-29(2,3)23-15-8-9-16-24(23)34(27)4/h5-18H,1-4H3,(H,33,37)/b27-25-. The molecule has 1 N–H and O–H groups in total. The molecule has 0 bridgehead atoms. The molecule has 0 amide bonds. The second-order valence-corrected chi connectivity index (χ2v) is 14.9. The number of para-hydroxylation sites is 2. The van der Waals surface area contributed by atoms with Crippen LogP contribution in [0.25, 0.3) is 5.69 Å². The highest BCUT2D eigenvalue weighted by atomic mass is 79.9. The fourth-order valence-corrected chi connectivity index (χ4v) is 10.2. The molecule has 0 saturated heterocycles. The van der Waals surface area contributed by atoms with Gasteiger partial charge in [0, 0.05) is 45.5 Å². The van der Waals surface area contributed by atoms with E-state index in [-0.39, 0.29) is 5.41 Å². The highest BCUT2D eigenvalue weighted by molar-refractivity contribution is 9.10. The molecule has 6 rings (SSSR count). The molecule has 0 saturated carbocycles. The summed E-state index contributed by atoms with van der Waals surface area (Å²) in [6.07, 6.45) is -0.625. The number of rotatable bonds is 3. The third-order valence-corrected chi connectivity index (χ3v) is 11.8. The summed E-state index contributed by atoms with van der Waals surface area (Å²) in [7, 11) is 2.14. The van der Waals surface area contributed by atoms with Crippen molar-refractivity contribution in [3.63, 3.8) is 0 Å². The fraction of sp³-hybridized carbons (Fsp3) is 0.172. The maximum Gasteiger partial charge on any atom is 0.166 e. The number of nitrogens with one attached hydrogen (secondary N) is 1. The number of likely N-dealkylation sites (N-methyl/N-ethyl adjacent to an activating group) is 1. The van der Waals surface area contributed by atoms with E-state index in [1.54, 1.807) is 0 Å². The van der Waals surface area contributed by atoms with Crippen molar-refractivity contribution < 1.29 is 0 Å². The Bertz CT molecular complexity index is 1650. The summed E-state index contributed by atoms with van der Waals surface area (Å²) in [6, 6.07) is 26.9. The van der Waals surface area contributed by atoms with Crippen molar-refractivity contribution in [1.82, 2.24) is 9.78 Å². The van der Waals surface area contributed by atoms with E-state index in [4.69, 9.17) is 21.9 Å². The summed E-state index contributed by atoms with van der Waals surface area (Å²) in [4.78, 5) is 7.33. The van der Waals surface area contributed by atoms with Crippen LogP contribution >= 0.6 is 22.1 Å². The summed E-state index contributed by atoms with van der Waals surface area (Å²) in [5.41, 5.74) is 6.28. The van der Waals surface area contributed by atoms with Gasteiger partial charge in [-0.1, -0.05) is 84.0 Å². The zero-order valence-electron chi connectivity index (χ0n) is 21.1. The van der Waals surface area contributed by atoms with Crippen molar-refractivity contribution in [3.05, 3.63) is 106 Å². The molecule has 4 aromatic rings. The first kappa shape index (κ1) is 24.4. The van der Waals surface area contributed by atoms with E-state index in [0.717, 1.165) is 38.0 Å². The minimum absolute atomic E-state index is 0.240. The number of benzene rings is 3. The second-order valence-electron chi connectivity index (χ2n) is 9.93. The Morgan fingerprint density at radius 3 is 2.43 bits per heavy atom. The number of anilines is 2. The van der Waals surface area contributed by atoms with E-state index >= 15 is 0 Å². The van der Waals surface area contributed by atoms with Gasteiger partial charge in [-0.05, 0) is 48.9 Å². The number of hydrogen-bond acceptors (Lipinski definition) is 4. The highest BCUT2D eigenvalue weighted by Crippen LogP contribution is 2.62. The molecule has 0 radical (unpaired) electrons. The molecule has 5 nitrogen and oxygen atoms in total. The van der Waals surface area contributed by atoms with Gasteiger partial charge < -0.3 is 9.99 Å². The van der Waals surface area contributed by atoms with Crippen molar-refractivity contribution in [2.75, 3.05) is 17.0 Å². The van der Waals surface area contributed by atoms with Gasteiger partial charge in [-0.15, -0.1) is 0 Å². The van der Waals surface area contributed by atoms with Crippen LogP contribution in [0.4, 0.5) is 17.2 Å². The Morgan fingerprint density at radius 1 is 0.973 bits per heavy atom. The lowest BCUT2D eigenvalue weighted by Crippen LogP contribution is -2.29. The van der Waals surface area contributed by atoms with E-state index in [1.165, 1.54) is 16.9 Å². The minimum atomic E-state index is -2.62. The zero-order chi connectivity index (χ0) is 25.9. The van der Waals surface area contributed by atoms with Crippen LogP contribution < -0.4 is 15.3 Å². The van der Waals surface area contributed by atoms with Crippen LogP contribution in [-0.4, -0.2) is 23.0 Å². The Kier molecular flexibility index (Phi) is 5.79. The quantitative estimate of drug-likeness (QED) is 0.253. The van der Waals surface area contributed by atoms with Crippen LogP contribution in [-0.2, 0) is 17.2 Å². The van der Waals surface area contributed by atoms with E-state index in [9.17, 15) is 0 Å².